The Labute approximate surface area is 187 Å². The number of carbonyl (C=O) groups excluding carboxylic acids is 3. The molecule has 7 heteroatoms. The van der Waals surface area contributed by atoms with Crippen LogP contribution in [0.3, 0.4) is 0 Å². The van der Waals surface area contributed by atoms with Crippen molar-refractivity contribution in [2.45, 2.75) is 6.54 Å². The van der Waals surface area contributed by atoms with Gasteiger partial charge in [0.1, 0.15) is 0 Å². The monoisotopic (exact) mass is 430 g/mol. The normalized spacial score (nSPS) is 10.2. The van der Waals surface area contributed by atoms with Gasteiger partial charge in [-0.2, -0.15) is 0 Å². The smallest absolute Gasteiger partial charge is 0.253 e. The fourth-order valence-electron chi connectivity index (χ4n) is 2.96. The molecule has 3 N–H and O–H groups in total. The molecule has 3 rings (SSSR count). The summed E-state index contributed by atoms with van der Waals surface area (Å²) in [5.74, 6) is -0.476. The molecule has 0 unspecified atom stereocenters. The SMILES string of the molecule is CN(C)C(=O)c1ccc(NCC(=O)Nc2ccc(C(=O)NCc3ccccc3)cc2)cc1. The topological polar surface area (TPSA) is 90.5 Å². The summed E-state index contributed by atoms with van der Waals surface area (Å²) >= 11 is 0. The van der Waals surface area contributed by atoms with Crippen molar-refractivity contribution in [2.75, 3.05) is 31.3 Å². The lowest BCUT2D eigenvalue weighted by atomic mass is 10.1. The molecule has 7 nitrogen and oxygen atoms in total. The summed E-state index contributed by atoms with van der Waals surface area (Å²) in [6.45, 7) is 0.522. The molecule has 0 aliphatic carbocycles. The predicted octanol–water partition coefficient (Wildman–Crippen LogP) is 3.37. The standard InChI is InChI=1S/C25H26N4O3/c1-29(2)25(32)20-10-12-21(13-11-20)26-17-23(30)28-22-14-8-19(9-15-22)24(31)27-16-18-6-4-3-5-7-18/h3-15,26H,16-17H2,1-2H3,(H,27,31)(H,28,30). The van der Waals surface area contributed by atoms with Gasteiger partial charge in [0, 0.05) is 43.1 Å². The zero-order chi connectivity index (χ0) is 22.9. The Hall–Kier alpha value is -4.13. The van der Waals surface area contributed by atoms with Crippen molar-refractivity contribution >= 4 is 29.1 Å². The second-order valence-electron chi connectivity index (χ2n) is 7.42. The van der Waals surface area contributed by atoms with Gasteiger partial charge in [-0.15, -0.1) is 0 Å². The van der Waals surface area contributed by atoms with Crippen molar-refractivity contribution in [2.24, 2.45) is 0 Å². The fourth-order valence-corrected chi connectivity index (χ4v) is 2.96. The van der Waals surface area contributed by atoms with Crippen LogP contribution in [-0.4, -0.2) is 43.3 Å². The Morgan fingerprint density at radius 2 is 1.34 bits per heavy atom. The summed E-state index contributed by atoms with van der Waals surface area (Å²) in [5, 5.41) is 8.68. The van der Waals surface area contributed by atoms with E-state index in [9.17, 15) is 14.4 Å². The number of anilines is 2. The van der Waals surface area contributed by atoms with Gasteiger partial charge in [-0.05, 0) is 54.1 Å². The highest BCUT2D eigenvalue weighted by atomic mass is 16.2. The summed E-state index contributed by atoms with van der Waals surface area (Å²) < 4.78 is 0. The van der Waals surface area contributed by atoms with Crippen LogP contribution in [0.5, 0.6) is 0 Å². The number of nitrogens with one attached hydrogen (secondary N) is 3. The van der Waals surface area contributed by atoms with Gasteiger partial charge in [0.25, 0.3) is 11.8 Å². The van der Waals surface area contributed by atoms with Crippen LogP contribution in [0.4, 0.5) is 11.4 Å². The van der Waals surface area contributed by atoms with E-state index in [0.717, 1.165) is 11.3 Å². The third-order valence-corrected chi connectivity index (χ3v) is 4.72. The Morgan fingerprint density at radius 1 is 0.750 bits per heavy atom. The molecule has 3 aromatic carbocycles. The quantitative estimate of drug-likeness (QED) is 0.511. The van der Waals surface area contributed by atoms with Crippen molar-refractivity contribution in [1.82, 2.24) is 10.2 Å². The number of rotatable bonds is 8. The summed E-state index contributed by atoms with van der Waals surface area (Å²) in [6.07, 6.45) is 0. The molecule has 32 heavy (non-hydrogen) atoms. The lowest BCUT2D eigenvalue weighted by Crippen LogP contribution is -2.23. The van der Waals surface area contributed by atoms with Gasteiger partial charge in [0.2, 0.25) is 5.91 Å². The number of amides is 3. The number of hydrogen-bond donors (Lipinski definition) is 3. The Balaban J connectivity index is 1.46. The highest BCUT2D eigenvalue weighted by Crippen LogP contribution is 2.12. The van der Waals surface area contributed by atoms with E-state index in [-0.39, 0.29) is 24.3 Å². The van der Waals surface area contributed by atoms with Crippen LogP contribution < -0.4 is 16.0 Å². The summed E-state index contributed by atoms with van der Waals surface area (Å²) in [4.78, 5) is 37.9. The average molecular weight is 431 g/mol. The van der Waals surface area contributed by atoms with Gasteiger partial charge in [0.05, 0.1) is 6.54 Å². The minimum atomic E-state index is -0.222. The Kier molecular flexibility index (Phi) is 7.59. The first kappa shape index (κ1) is 22.6. The second kappa shape index (κ2) is 10.8. The third kappa shape index (κ3) is 6.43. The van der Waals surface area contributed by atoms with E-state index in [1.807, 2.05) is 30.3 Å². The van der Waals surface area contributed by atoms with E-state index in [1.54, 1.807) is 62.6 Å². The van der Waals surface area contributed by atoms with Crippen molar-refractivity contribution in [3.8, 4) is 0 Å². The molecule has 3 amide bonds. The highest BCUT2D eigenvalue weighted by molar-refractivity contribution is 5.97. The van der Waals surface area contributed by atoms with Crippen LogP contribution in [0.25, 0.3) is 0 Å². The minimum Gasteiger partial charge on any atom is -0.376 e. The molecule has 0 heterocycles. The van der Waals surface area contributed by atoms with E-state index in [4.69, 9.17) is 0 Å². The van der Waals surface area contributed by atoms with Crippen LogP contribution in [-0.2, 0) is 11.3 Å². The summed E-state index contributed by atoms with van der Waals surface area (Å²) in [5.41, 5.74) is 3.46. The maximum atomic E-state index is 12.3. The molecule has 0 bridgehead atoms. The van der Waals surface area contributed by atoms with Gasteiger partial charge in [-0.1, -0.05) is 30.3 Å². The summed E-state index contributed by atoms with van der Waals surface area (Å²) in [7, 11) is 3.39. The van der Waals surface area contributed by atoms with Gasteiger partial charge in [-0.3, -0.25) is 14.4 Å². The first-order valence-electron chi connectivity index (χ1n) is 10.2. The van der Waals surface area contributed by atoms with Gasteiger partial charge in [-0.25, -0.2) is 0 Å². The largest absolute Gasteiger partial charge is 0.376 e. The van der Waals surface area contributed by atoms with E-state index in [0.29, 0.717) is 23.4 Å². The molecule has 0 fully saturated rings. The zero-order valence-corrected chi connectivity index (χ0v) is 18.1. The molecule has 0 saturated carbocycles. The van der Waals surface area contributed by atoms with Gasteiger partial charge in [0.15, 0.2) is 0 Å². The van der Waals surface area contributed by atoms with E-state index in [1.165, 1.54) is 4.90 Å². The predicted molar refractivity (Wildman–Crippen MR) is 126 cm³/mol. The number of benzene rings is 3. The maximum Gasteiger partial charge on any atom is 0.253 e. The van der Waals surface area contributed by atoms with Crippen LogP contribution in [0.1, 0.15) is 26.3 Å². The van der Waals surface area contributed by atoms with Crippen molar-refractivity contribution in [3.05, 3.63) is 95.6 Å². The molecular formula is C25H26N4O3. The first-order chi connectivity index (χ1) is 15.4. The third-order valence-electron chi connectivity index (χ3n) is 4.72. The molecule has 0 aliphatic heterocycles. The first-order valence-corrected chi connectivity index (χ1v) is 10.2. The van der Waals surface area contributed by atoms with Crippen LogP contribution in [0, 0.1) is 0 Å². The van der Waals surface area contributed by atoms with Crippen LogP contribution in [0.15, 0.2) is 78.9 Å². The lowest BCUT2D eigenvalue weighted by Gasteiger charge is -2.11. The molecule has 0 radical (unpaired) electrons. The van der Waals surface area contributed by atoms with Crippen LogP contribution in [0.2, 0.25) is 0 Å². The maximum absolute atomic E-state index is 12.3. The van der Waals surface area contributed by atoms with E-state index in [2.05, 4.69) is 16.0 Å². The molecule has 0 aliphatic rings. The average Bonchev–Trinajstić information content (AvgIpc) is 2.82. The lowest BCUT2D eigenvalue weighted by molar-refractivity contribution is -0.114. The Morgan fingerprint density at radius 3 is 1.97 bits per heavy atom. The molecule has 0 saturated heterocycles. The van der Waals surface area contributed by atoms with Crippen molar-refractivity contribution < 1.29 is 14.4 Å². The van der Waals surface area contributed by atoms with E-state index >= 15 is 0 Å². The van der Waals surface area contributed by atoms with Gasteiger partial charge >= 0.3 is 0 Å². The molecule has 3 aromatic rings. The number of nitrogens with zero attached hydrogens (tertiary/aromatic N) is 1. The molecule has 0 aromatic heterocycles. The minimum absolute atomic E-state index is 0.0697. The molecule has 0 atom stereocenters. The molecule has 0 spiro atoms. The highest BCUT2D eigenvalue weighted by Gasteiger charge is 2.09. The van der Waals surface area contributed by atoms with Crippen molar-refractivity contribution in [3.63, 3.8) is 0 Å². The second-order valence-corrected chi connectivity index (χ2v) is 7.42. The summed E-state index contributed by atoms with van der Waals surface area (Å²) in [6, 6.07) is 23.3. The molecular weight excluding hydrogens is 404 g/mol. The zero-order valence-electron chi connectivity index (χ0n) is 18.1. The van der Waals surface area contributed by atoms with Gasteiger partial charge < -0.3 is 20.9 Å². The Bertz CT molecular complexity index is 1060. The number of hydrogen-bond acceptors (Lipinski definition) is 4. The van der Waals surface area contributed by atoms with Crippen LogP contribution >= 0.6 is 0 Å². The molecule has 164 valence electrons. The fraction of sp³-hybridized carbons (Fsp3) is 0.160. The number of carbonyl (C=O) groups is 3. The van der Waals surface area contributed by atoms with Crippen molar-refractivity contribution in [1.29, 1.82) is 0 Å². The van der Waals surface area contributed by atoms with E-state index < -0.39 is 0 Å².